The minimum atomic E-state index is -4.96. The summed E-state index contributed by atoms with van der Waals surface area (Å²) < 4.78 is 87.9. The average molecular weight is 577 g/mol. The van der Waals surface area contributed by atoms with Crippen LogP contribution in [0.15, 0.2) is 48.2 Å². The lowest BCUT2D eigenvalue weighted by Crippen LogP contribution is -2.30. The summed E-state index contributed by atoms with van der Waals surface area (Å²) in [4.78, 5) is 5.10. The molecule has 3 aliphatic rings. The van der Waals surface area contributed by atoms with E-state index in [0.29, 0.717) is 32.6 Å². The first-order valence-electron chi connectivity index (χ1n) is 13.1. The van der Waals surface area contributed by atoms with Crippen molar-refractivity contribution in [1.29, 1.82) is 0 Å². The van der Waals surface area contributed by atoms with Crippen molar-refractivity contribution < 1.29 is 31.1 Å². The Morgan fingerprint density at radius 2 is 1.73 bits per heavy atom. The summed E-state index contributed by atoms with van der Waals surface area (Å²) in [6.07, 6.45) is -2.68. The van der Waals surface area contributed by atoms with Gasteiger partial charge in [-0.15, -0.1) is 5.10 Å². The van der Waals surface area contributed by atoms with E-state index in [0.717, 1.165) is 45.8 Å². The number of tetrazole rings is 1. The highest BCUT2D eigenvalue weighted by Gasteiger charge is 2.39. The molecule has 0 saturated carbocycles. The van der Waals surface area contributed by atoms with Crippen molar-refractivity contribution in [2.45, 2.75) is 57.9 Å². The second kappa shape index (κ2) is 9.89. The molecule has 0 N–H and O–H groups in total. The number of alkyl halides is 6. The lowest BCUT2D eigenvalue weighted by Gasteiger charge is -2.34. The van der Waals surface area contributed by atoms with Crippen molar-refractivity contribution in [3.8, 4) is 0 Å². The molecular weight excluding hydrogens is 550 g/mol. The summed E-state index contributed by atoms with van der Waals surface area (Å²) in [6.45, 7) is 3.31. The van der Waals surface area contributed by atoms with Crippen LogP contribution >= 0.6 is 0 Å². The maximum Gasteiger partial charge on any atom is 0.416 e. The fraction of sp³-hybridized carbons (Fsp3) is 0.393. The summed E-state index contributed by atoms with van der Waals surface area (Å²) in [5.41, 5.74) is 3.13. The molecule has 0 amide bonds. The Hall–Kier alpha value is -3.87. The number of halogens is 6. The van der Waals surface area contributed by atoms with Crippen LogP contribution in [0.2, 0.25) is 0 Å². The van der Waals surface area contributed by atoms with Crippen molar-refractivity contribution in [2.75, 3.05) is 16.3 Å². The van der Waals surface area contributed by atoms with Gasteiger partial charge >= 0.3 is 12.4 Å². The average Bonchev–Trinajstić information content (AvgIpc) is 3.47. The third-order valence-electron chi connectivity index (χ3n) is 7.77. The monoisotopic (exact) mass is 576 g/mol. The summed E-state index contributed by atoms with van der Waals surface area (Å²) in [7, 11) is 1.55. The fourth-order valence-corrected chi connectivity index (χ4v) is 5.82. The van der Waals surface area contributed by atoms with E-state index in [4.69, 9.17) is 4.74 Å². The second-order valence-corrected chi connectivity index (χ2v) is 10.5. The summed E-state index contributed by atoms with van der Waals surface area (Å²) in [6, 6.07) is 3.24. The highest BCUT2D eigenvalue weighted by Crippen LogP contribution is 2.46. The molecule has 6 rings (SSSR count). The maximum absolute atomic E-state index is 13.7. The SMILES string of the molecule is Cc1c2c(cc3c1N(C1=CC=C1)CCCC3N(Cc1cc(C(F)(F)F)cc(C(F)(F)F)c1)c1nnn(C)n1)COC2. The molecule has 1 aromatic heterocycles. The van der Waals surface area contributed by atoms with Crippen molar-refractivity contribution in [3.63, 3.8) is 0 Å². The minimum Gasteiger partial charge on any atom is -0.372 e. The second-order valence-electron chi connectivity index (χ2n) is 10.5. The molecule has 0 spiro atoms. The minimum absolute atomic E-state index is 0.111. The number of aryl methyl sites for hydroxylation is 1. The Morgan fingerprint density at radius 3 is 2.32 bits per heavy atom. The molecule has 0 fully saturated rings. The van der Waals surface area contributed by atoms with E-state index < -0.39 is 29.5 Å². The molecule has 216 valence electrons. The van der Waals surface area contributed by atoms with Gasteiger partial charge in [0.2, 0.25) is 0 Å². The first-order chi connectivity index (χ1) is 19.4. The van der Waals surface area contributed by atoms with E-state index in [2.05, 4.69) is 20.3 Å². The van der Waals surface area contributed by atoms with Crippen LogP contribution in [0.1, 0.15) is 57.8 Å². The van der Waals surface area contributed by atoms with E-state index >= 15 is 0 Å². The maximum atomic E-state index is 13.7. The molecule has 3 aromatic rings. The van der Waals surface area contributed by atoms with E-state index in [9.17, 15) is 26.3 Å². The number of ether oxygens (including phenoxy) is 1. The molecule has 1 unspecified atom stereocenters. The summed E-state index contributed by atoms with van der Waals surface area (Å²) in [5.74, 6) is 0.111. The van der Waals surface area contributed by atoms with Gasteiger partial charge in [0.25, 0.3) is 5.95 Å². The van der Waals surface area contributed by atoms with Crippen LogP contribution < -0.4 is 9.80 Å². The largest absolute Gasteiger partial charge is 0.416 e. The zero-order chi connectivity index (χ0) is 29.1. The molecule has 0 bridgehead atoms. The van der Waals surface area contributed by atoms with E-state index in [1.54, 1.807) is 11.9 Å². The van der Waals surface area contributed by atoms with Crippen molar-refractivity contribution in [1.82, 2.24) is 20.2 Å². The van der Waals surface area contributed by atoms with Crippen molar-refractivity contribution in [2.24, 2.45) is 7.05 Å². The fourth-order valence-electron chi connectivity index (χ4n) is 5.82. The van der Waals surface area contributed by atoms with Gasteiger partial charge in [-0.2, -0.15) is 31.1 Å². The van der Waals surface area contributed by atoms with E-state index in [1.807, 2.05) is 31.2 Å². The van der Waals surface area contributed by atoms with Crippen LogP contribution in [0.25, 0.3) is 0 Å². The van der Waals surface area contributed by atoms with E-state index in [-0.39, 0.29) is 24.1 Å². The number of allylic oxidation sites excluding steroid dienone is 3. The van der Waals surface area contributed by atoms with Crippen LogP contribution in [-0.4, -0.2) is 26.8 Å². The van der Waals surface area contributed by atoms with Crippen molar-refractivity contribution >= 4 is 11.6 Å². The molecular formula is C28H26F6N6O. The van der Waals surface area contributed by atoms with Gasteiger partial charge in [0.1, 0.15) is 0 Å². The molecule has 13 heteroatoms. The number of hydrogen-bond donors (Lipinski definition) is 0. The zero-order valence-corrected chi connectivity index (χ0v) is 22.2. The number of nitrogens with zero attached hydrogens (tertiary/aromatic N) is 6. The Kier molecular flexibility index (Phi) is 6.59. The normalized spacial score (nSPS) is 18.5. The highest BCUT2D eigenvalue weighted by atomic mass is 19.4. The van der Waals surface area contributed by atoms with Gasteiger partial charge < -0.3 is 14.5 Å². The third kappa shape index (κ3) is 5.07. The molecule has 2 aromatic carbocycles. The summed E-state index contributed by atoms with van der Waals surface area (Å²) >= 11 is 0. The topological polar surface area (TPSA) is 59.3 Å². The first kappa shape index (κ1) is 27.3. The predicted molar refractivity (Wildman–Crippen MR) is 138 cm³/mol. The molecule has 2 aliphatic heterocycles. The van der Waals surface area contributed by atoms with Crippen LogP contribution in [0, 0.1) is 6.92 Å². The van der Waals surface area contributed by atoms with E-state index in [1.165, 1.54) is 4.80 Å². The lowest BCUT2D eigenvalue weighted by molar-refractivity contribution is -0.143. The number of benzene rings is 2. The number of fused-ring (bicyclic) bond motifs is 2. The van der Waals surface area contributed by atoms with Crippen LogP contribution in [-0.2, 0) is 43.9 Å². The Balaban J connectivity index is 1.50. The van der Waals surface area contributed by atoms with Gasteiger partial charge in [0, 0.05) is 24.5 Å². The number of anilines is 2. The summed E-state index contributed by atoms with van der Waals surface area (Å²) in [5, 5.41) is 12.4. The smallest absolute Gasteiger partial charge is 0.372 e. The lowest BCUT2D eigenvalue weighted by atomic mass is 9.91. The van der Waals surface area contributed by atoms with Gasteiger partial charge in [-0.25, -0.2) is 0 Å². The number of rotatable bonds is 5. The number of aromatic nitrogens is 4. The quantitative estimate of drug-likeness (QED) is 0.328. The van der Waals surface area contributed by atoms with Crippen LogP contribution in [0.4, 0.5) is 38.0 Å². The van der Waals surface area contributed by atoms with Gasteiger partial charge in [-0.05, 0) is 89.2 Å². The van der Waals surface area contributed by atoms with Gasteiger partial charge in [-0.3, -0.25) is 0 Å². The Morgan fingerprint density at radius 1 is 1.02 bits per heavy atom. The molecule has 1 atom stereocenters. The van der Waals surface area contributed by atoms with Gasteiger partial charge in [0.15, 0.2) is 0 Å². The predicted octanol–water partition coefficient (Wildman–Crippen LogP) is 6.39. The van der Waals surface area contributed by atoms with Crippen LogP contribution in [0.3, 0.4) is 0 Å². The molecule has 3 heterocycles. The highest BCUT2D eigenvalue weighted by molar-refractivity contribution is 5.71. The number of hydrogen-bond acceptors (Lipinski definition) is 6. The van der Waals surface area contributed by atoms with Crippen LogP contribution in [0.5, 0.6) is 0 Å². The molecule has 41 heavy (non-hydrogen) atoms. The molecule has 1 aliphatic carbocycles. The third-order valence-corrected chi connectivity index (χ3v) is 7.77. The van der Waals surface area contributed by atoms with Gasteiger partial charge in [-0.1, -0.05) is 11.2 Å². The standard InChI is InChI=1S/C28H26F6N6O/c1-16-23-15-41-14-18(23)11-22-24(7-4-8-39(25(16)22)21-5-3-6-21)40(26-35-37-38(2)36-26)13-17-9-19(27(29,30)31)12-20(10-17)28(32,33)34/h3,5-6,9-12,24H,4,7-8,13-15H2,1-2H3. The van der Waals surface area contributed by atoms with Crippen molar-refractivity contribution in [3.05, 3.63) is 87.1 Å². The Bertz CT molecular complexity index is 1520. The Labute approximate surface area is 231 Å². The first-order valence-corrected chi connectivity index (χ1v) is 13.1. The molecule has 0 radical (unpaired) electrons. The van der Waals surface area contributed by atoms with Gasteiger partial charge in [0.05, 0.1) is 37.4 Å². The zero-order valence-electron chi connectivity index (χ0n) is 22.2. The molecule has 0 saturated heterocycles. The molecule has 7 nitrogen and oxygen atoms in total.